The maximum Gasteiger partial charge on any atom is 0.177 e. The zero-order valence-electron chi connectivity index (χ0n) is 14.0. The number of hydrazine groups is 1. The zero-order chi connectivity index (χ0) is 18.2. The van der Waals surface area contributed by atoms with E-state index in [0.29, 0.717) is 28.5 Å². The van der Waals surface area contributed by atoms with Crippen molar-refractivity contribution in [2.24, 2.45) is 9.98 Å². The van der Waals surface area contributed by atoms with E-state index >= 15 is 0 Å². The SMILES string of the molecule is Fc1ccccc1Cn1nc(C2=NC3NNC=C3C=N2)cc1-c1ccon1. The van der Waals surface area contributed by atoms with Crippen molar-refractivity contribution in [1.29, 1.82) is 0 Å². The Morgan fingerprint density at radius 1 is 1.19 bits per heavy atom. The van der Waals surface area contributed by atoms with E-state index in [1.54, 1.807) is 35.2 Å². The highest BCUT2D eigenvalue weighted by molar-refractivity contribution is 6.06. The molecule has 2 aliphatic heterocycles. The average molecular weight is 363 g/mol. The Morgan fingerprint density at radius 3 is 2.96 bits per heavy atom. The number of hydrogen-bond acceptors (Lipinski definition) is 7. The molecule has 2 aromatic heterocycles. The number of rotatable bonds is 4. The van der Waals surface area contributed by atoms with Crippen molar-refractivity contribution in [3.63, 3.8) is 0 Å². The molecule has 5 rings (SSSR count). The molecule has 0 amide bonds. The molecule has 0 bridgehead atoms. The molecule has 2 N–H and O–H groups in total. The number of aliphatic imine (C=N–C) groups is 2. The van der Waals surface area contributed by atoms with Crippen LogP contribution in [0.3, 0.4) is 0 Å². The van der Waals surface area contributed by atoms with Crippen LogP contribution in [0.2, 0.25) is 0 Å². The summed E-state index contributed by atoms with van der Waals surface area (Å²) in [7, 11) is 0. The van der Waals surface area contributed by atoms with Gasteiger partial charge >= 0.3 is 0 Å². The number of amidine groups is 1. The van der Waals surface area contributed by atoms with Crippen molar-refractivity contribution in [3.05, 3.63) is 71.5 Å². The number of nitrogens with one attached hydrogen (secondary N) is 2. The predicted octanol–water partition coefficient (Wildman–Crippen LogP) is 1.87. The smallest absolute Gasteiger partial charge is 0.177 e. The summed E-state index contributed by atoms with van der Waals surface area (Å²) in [6.07, 6.45) is 4.83. The Labute approximate surface area is 153 Å². The lowest BCUT2D eigenvalue weighted by molar-refractivity contribution is 0.421. The summed E-state index contributed by atoms with van der Waals surface area (Å²) in [6.45, 7) is 0.250. The molecule has 27 heavy (non-hydrogen) atoms. The fraction of sp³-hybridized carbons (Fsp3) is 0.111. The van der Waals surface area contributed by atoms with Gasteiger partial charge in [0.15, 0.2) is 5.84 Å². The summed E-state index contributed by atoms with van der Waals surface area (Å²) in [5, 5.41) is 8.58. The lowest BCUT2D eigenvalue weighted by Crippen LogP contribution is -2.32. The van der Waals surface area contributed by atoms with E-state index < -0.39 is 0 Å². The van der Waals surface area contributed by atoms with Crippen LogP contribution in [0.4, 0.5) is 4.39 Å². The highest BCUT2D eigenvalue weighted by atomic mass is 19.1. The second-order valence-corrected chi connectivity index (χ2v) is 6.10. The van der Waals surface area contributed by atoms with Crippen molar-refractivity contribution >= 4 is 12.1 Å². The third-order valence-electron chi connectivity index (χ3n) is 4.35. The summed E-state index contributed by atoms with van der Waals surface area (Å²) in [5.74, 6) is 0.204. The molecular formula is C18H14FN7O. The standard InChI is InChI=1S/C18H14FN7O/c19-13-4-2-1-3-11(13)10-26-16(14-5-6-27-25-14)7-15(24-26)18-20-8-12-9-21-23-17(12)22-18/h1-9,17,21,23H,10H2. The van der Waals surface area contributed by atoms with Crippen LogP contribution >= 0.6 is 0 Å². The van der Waals surface area contributed by atoms with Gasteiger partial charge in [-0.3, -0.25) is 4.68 Å². The first-order chi connectivity index (χ1) is 13.3. The monoisotopic (exact) mass is 363 g/mol. The molecular weight excluding hydrogens is 349 g/mol. The zero-order valence-corrected chi connectivity index (χ0v) is 14.0. The largest absolute Gasteiger partial charge is 0.364 e. The lowest BCUT2D eigenvalue weighted by atomic mass is 10.2. The third kappa shape index (κ3) is 2.83. The van der Waals surface area contributed by atoms with Crippen molar-refractivity contribution < 1.29 is 8.91 Å². The quantitative estimate of drug-likeness (QED) is 0.738. The normalized spacial score (nSPS) is 18.0. The molecule has 0 spiro atoms. The highest BCUT2D eigenvalue weighted by Crippen LogP contribution is 2.23. The maximum atomic E-state index is 14.1. The number of aromatic nitrogens is 3. The molecule has 1 atom stereocenters. The van der Waals surface area contributed by atoms with Crippen LogP contribution in [0.15, 0.2) is 68.9 Å². The second kappa shape index (κ2) is 6.29. The van der Waals surface area contributed by atoms with Crippen LogP contribution in [0, 0.1) is 5.82 Å². The molecule has 8 nitrogen and oxygen atoms in total. The fourth-order valence-corrected chi connectivity index (χ4v) is 2.99. The van der Waals surface area contributed by atoms with Gasteiger partial charge in [0.2, 0.25) is 0 Å². The molecule has 9 heteroatoms. The molecule has 4 heterocycles. The van der Waals surface area contributed by atoms with Gasteiger partial charge in [-0.25, -0.2) is 19.8 Å². The van der Waals surface area contributed by atoms with E-state index in [4.69, 9.17) is 4.52 Å². The molecule has 0 radical (unpaired) electrons. The fourth-order valence-electron chi connectivity index (χ4n) is 2.99. The molecule has 0 saturated heterocycles. The Morgan fingerprint density at radius 2 is 2.11 bits per heavy atom. The molecule has 1 aromatic carbocycles. The number of benzene rings is 1. The van der Waals surface area contributed by atoms with Gasteiger partial charge < -0.3 is 9.95 Å². The average Bonchev–Trinajstić information content (AvgIpc) is 3.43. The van der Waals surface area contributed by atoms with Gasteiger partial charge in [0.05, 0.1) is 12.2 Å². The number of nitrogens with zero attached hydrogens (tertiary/aromatic N) is 5. The van der Waals surface area contributed by atoms with Gasteiger partial charge in [-0.05, 0) is 12.1 Å². The lowest BCUT2D eigenvalue weighted by Gasteiger charge is -2.11. The molecule has 0 fully saturated rings. The van der Waals surface area contributed by atoms with E-state index in [1.165, 1.54) is 12.3 Å². The van der Waals surface area contributed by atoms with E-state index in [-0.39, 0.29) is 18.5 Å². The molecule has 3 aromatic rings. The number of halogens is 1. The molecule has 134 valence electrons. The van der Waals surface area contributed by atoms with Crippen LogP contribution in [-0.2, 0) is 6.54 Å². The van der Waals surface area contributed by atoms with Crippen LogP contribution < -0.4 is 10.9 Å². The van der Waals surface area contributed by atoms with Crippen molar-refractivity contribution in [1.82, 2.24) is 25.8 Å². The number of hydrogen-bond donors (Lipinski definition) is 2. The minimum absolute atomic E-state index is 0.204. The van der Waals surface area contributed by atoms with Crippen LogP contribution in [0.5, 0.6) is 0 Å². The van der Waals surface area contributed by atoms with Crippen LogP contribution in [-0.4, -0.2) is 33.2 Å². The summed E-state index contributed by atoms with van der Waals surface area (Å²) < 4.78 is 20.7. The Bertz CT molecular complexity index is 1080. The van der Waals surface area contributed by atoms with Gasteiger partial charge in [-0.2, -0.15) is 5.10 Å². The van der Waals surface area contributed by atoms with Gasteiger partial charge in [0, 0.05) is 29.6 Å². The van der Waals surface area contributed by atoms with E-state index in [9.17, 15) is 4.39 Å². The van der Waals surface area contributed by atoms with E-state index in [1.807, 2.05) is 12.3 Å². The van der Waals surface area contributed by atoms with Gasteiger partial charge in [-0.15, -0.1) is 0 Å². The van der Waals surface area contributed by atoms with Gasteiger partial charge in [0.1, 0.15) is 29.6 Å². The maximum absolute atomic E-state index is 14.1. The summed E-state index contributed by atoms with van der Waals surface area (Å²) in [4.78, 5) is 8.94. The second-order valence-electron chi connectivity index (χ2n) is 6.10. The van der Waals surface area contributed by atoms with Crippen molar-refractivity contribution in [2.75, 3.05) is 0 Å². The molecule has 2 aliphatic rings. The summed E-state index contributed by atoms with van der Waals surface area (Å²) in [5.41, 5.74) is 9.28. The summed E-state index contributed by atoms with van der Waals surface area (Å²) in [6, 6.07) is 10.2. The minimum atomic E-state index is -0.287. The number of fused-ring (bicyclic) bond motifs is 1. The molecule has 0 saturated carbocycles. The molecule has 0 aliphatic carbocycles. The predicted molar refractivity (Wildman–Crippen MR) is 96.4 cm³/mol. The Hall–Kier alpha value is -3.59. The van der Waals surface area contributed by atoms with Crippen molar-refractivity contribution in [3.8, 4) is 11.4 Å². The highest BCUT2D eigenvalue weighted by Gasteiger charge is 2.24. The van der Waals surface area contributed by atoms with Crippen LogP contribution in [0.1, 0.15) is 11.3 Å². The Balaban J connectivity index is 1.55. The minimum Gasteiger partial charge on any atom is -0.364 e. The van der Waals surface area contributed by atoms with Crippen molar-refractivity contribution in [2.45, 2.75) is 12.7 Å². The first-order valence-corrected chi connectivity index (χ1v) is 8.33. The van der Waals surface area contributed by atoms with Gasteiger partial charge in [-0.1, -0.05) is 23.4 Å². The third-order valence-corrected chi connectivity index (χ3v) is 4.35. The first-order valence-electron chi connectivity index (χ1n) is 8.33. The first kappa shape index (κ1) is 15.6. The summed E-state index contributed by atoms with van der Waals surface area (Å²) >= 11 is 0. The Kier molecular flexibility index (Phi) is 3.65. The van der Waals surface area contributed by atoms with Gasteiger partial charge in [0.25, 0.3) is 0 Å². The van der Waals surface area contributed by atoms with Crippen LogP contribution in [0.25, 0.3) is 11.4 Å². The topological polar surface area (TPSA) is 92.6 Å². The van der Waals surface area contributed by atoms with E-state index in [2.05, 4.69) is 31.1 Å². The molecule has 1 unspecified atom stereocenters. The van der Waals surface area contributed by atoms with E-state index in [0.717, 1.165) is 5.57 Å².